The molecule has 0 amide bonds. The van der Waals surface area contributed by atoms with Crippen LogP contribution in [0.3, 0.4) is 0 Å². The van der Waals surface area contributed by atoms with Crippen molar-refractivity contribution in [3.8, 4) is 5.75 Å². The third-order valence-corrected chi connectivity index (χ3v) is 4.94. The van der Waals surface area contributed by atoms with Crippen LogP contribution in [0.1, 0.15) is 42.1 Å². The van der Waals surface area contributed by atoms with E-state index in [0.717, 1.165) is 36.1 Å². The lowest BCUT2D eigenvalue weighted by molar-refractivity contribution is 0.229. The molecule has 1 aliphatic carbocycles. The summed E-state index contributed by atoms with van der Waals surface area (Å²) in [4.78, 5) is 4.47. The zero-order chi connectivity index (χ0) is 18.0. The predicted octanol–water partition coefficient (Wildman–Crippen LogP) is 4.65. The van der Waals surface area contributed by atoms with Crippen LogP contribution in [0.4, 0.5) is 0 Å². The molecule has 142 valence electrons. The fraction of sp³-hybridized carbons (Fsp3) is 0.300. The minimum atomic E-state index is -0.399. The monoisotopic (exact) mass is 405 g/mol. The number of benzene rings is 2. The fourth-order valence-electron chi connectivity index (χ4n) is 3.02. The van der Waals surface area contributed by atoms with E-state index in [0.29, 0.717) is 29.8 Å². The molecular formula is C20H21Cl2N3O2. The number of aromatic nitrogens is 2. The predicted molar refractivity (Wildman–Crippen MR) is 106 cm³/mol. The summed E-state index contributed by atoms with van der Waals surface area (Å²) >= 11 is 6.00. The molecule has 1 fully saturated rings. The highest BCUT2D eigenvalue weighted by molar-refractivity contribution is 6.30. The standard InChI is InChI=1S/C20H20ClN3O2.ClH/c21-16-6-1-5-15(10-16)13-25-17-7-2-4-14(11-17)12-18-23-19(24-26-18)20(22)8-3-9-20;/h1-2,4-7,10-11H,3,8-9,12-13,22H2;1H. The number of halogens is 2. The van der Waals surface area contributed by atoms with Gasteiger partial charge in [-0.3, -0.25) is 0 Å². The van der Waals surface area contributed by atoms with Crippen LogP contribution in [0.5, 0.6) is 5.75 Å². The molecule has 7 heteroatoms. The summed E-state index contributed by atoms with van der Waals surface area (Å²) in [6.45, 7) is 0.463. The first-order valence-corrected chi connectivity index (χ1v) is 9.07. The van der Waals surface area contributed by atoms with E-state index in [1.165, 1.54) is 0 Å². The molecule has 1 aliphatic rings. The van der Waals surface area contributed by atoms with Crippen LogP contribution in [0.25, 0.3) is 0 Å². The van der Waals surface area contributed by atoms with Crippen molar-refractivity contribution in [1.82, 2.24) is 10.1 Å². The molecule has 0 saturated heterocycles. The van der Waals surface area contributed by atoms with E-state index in [1.54, 1.807) is 0 Å². The van der Waals surface area contributed by atoms with Crippen molar-refractivity contribution in [2.45, 2.75) is 37.8 Å². The van der Waals surface area contributed by atoms with E-state index >= 15 is 0 Å². The molecule has 1 aromatic heterocycles. The summed E-state index contributed by atoms with van der Waals surface area (Å²) < 4.78 is 11.2. The van der Waals surface area contributed by atoms with E-state index in [9.17, 15) is 0 Å². The Morgan fingerprint density at radius 1 is 1.11 bits per heavy atom. The average molecular weight is 406 g/mol. The number of ether oxygens (including phenoxy) is 1. The van der Waals surface area contributed by atoms with E-state index in [4.69, 9.17) is 26.6 Å². The maximum atomic E-state index is 6.25. The highest BCUT2D eigenvalue weighted by Gasteiger charge is 2.38. The number of nitrogens with two attached hydrogens (primary N) is 1. The molecular weight excluding hydrogens is 385 g/mol. The summed E-state index contributed by atoms with van der Waals surface area (Å²) in [7, 11) is 0. The van der Waals surface area contributed by atoms with Gasteiger partial charge in [0.05, 0.1) is 12.0 Å². The number of nitrogens with zero attached hydrogens (tertiary/aromatic N) is 2. The van der Waals surface area contributed by atoms with Gasteiger partial charge in [-0.25, -0.2) is 0 Å². The van der Waals surface area contributed by atoms with Crippen LogP contribution < -0.4 is 10.5 Å². The van der Waals surface area contributed by atoms with Crippen molar-refractivity contribution >= 4 is 24.0 Å². The Bertz CT molecular complexity index is 910. The number of hydrogen-bond acceptors (Lipinski definition) is 5. The molecule has 5 nitrogen and oxygen atoms in total. The van der Waals surface area contributed by atoms with Crippen molar-refractivity contribution in [3.63, 3.8) is 0 Å². The van der Waals surface area contributed by atoms with Crippen molar-refractivity contribution in [1.29, 1.82) is 0 Å². The second-order valence-corrected chi connectivity index (χ2v) is 7.20. The zero-order valence-corrected chi connectivity index (χ0v) is 16.3. The Hall–Kier alpha value is -2.08. The summed E-state index contributed by atoms with van der Waals surface area (Å²) in [5, 5.41) is 4.76. The van der Waals surface area contributed by atoms with Crippen molar-refractivity contribution in [2.24, 2.45) is 5.73 Å². The first-order valence-electron chi connectivity index (χ1n) is 8.69. The Morgan fingerprint density at radius 3 is 2.63 bits per heavy atom. The third kappa shape index (κ3) is 4.61. The van der Waals surface area contributed by atoms with Gasteiger partial charge in [0.1, 0.15) is 12.4 Å². The Balaban J connectivity index is 0.00000210. The lowest BCUT2D eigenvalue weighted by Crippen LogP contribution is -2.44. The van der Waals surface area contributed by atoms with Gasteiger partial charge in [-0.15, -0.1) is 12.4 Å². The maximum absolute atomic E-state index is 6.25. The normalized spacial score (nSPS) is 14.9. The van der Waals surface area contributed by atoms with E-state index < -0.39 is 5.54 Å². The van der Waals surface area contributed by atoms with Crippen LogP contribution >= 0.6 is 24.0 Å². The van der Waals surface area contributed by atoms with Crippen LogP contribution in [0.15, 0.2) is 53.1 Å². The molecule has 0 spiro atoms. The molecule has 0 atom stereocenters. The van der Waals surface area contributed by atoms with Gasteiger partial charge in [0.25, 0.3) is 0 Å². The summed E-state index contributed by atoms with van der Waals surface area (Å²) in [6.07, 6.45) is 3.50. The van der Waals surface area contributed by atoms with Gasteiger partial charge >= 0.3 is 0 Å². The topological polar surface area (TPSA) is 74.2 Å². The molecule has 0 radical (unpaired) electrons. The molecule has 2 aromatic carbocycles. The van der Waals surface area contributed by atoms with Gasteiger partial charge in [0.15, 0.2) is 5.82 Å². The molecule has 4 rings (SSSR count). The molecule has 0 aliphatic heterocycles. The van der Waals surface area contributed by atoms with Gasteiger partial charge in [0, 0.05) is 5.02 Å². The van der Waals surface area contributed by atoms with Crippen molar-refractivity contribution < 1.29 is 9.26 Å². The molecule has 0 bridgehead atoms. The number of hydrogen-bond donors (Lipinski definition) is 1. The molecule has 0 unspecified atom stereocenters. The minimum Gasteiger partial charge on any atom is -0.489 e. The van der Waals surface area contributed by atoms with Crippen LogP contribution in [0, 0.1) is 0 Å². The van der Waals surface area contributed by atoms with Crippen LogP contribution in [-0.4, -0.2) is 10.1 Å². The smallest absolute Gasteiger partial charge is 0.231 e. The Morgan fingerprint density at radius 2 is 1.89 bits per heavy atom. The lowest BCUT2D eigenvalue weighted by atomic mass is 9.77. The first kappa shape index (κ1) is 19.7. The first-order chi connectivity index (χ1) is 12.6. The van der Waals surface area contributed by atoms with E-state index in [1.807, 2.05) is 48.5 Å². The van der Waals surface area contributed by atoms with Crippen molar-refractivity contribution in [3.05, 3.63) is 76.4 Å². The van der Waals surface area contributed by atoms with Gasteiger partial charge in [0.2, 0.25) is 5.89 Å². The van der Waals surface area contributed by atoms with Gasteiger partial charge < -0.3 is 15.0 Å². The summed E-state index contributed by atoms with van der Waals surface area (Å²) in [6, 6.07) is 15.5. The summed E-state index contributed by atoms with van der Waals surface area (Å²) in [5.41, 5.74) is 7.92. The molecule has 3 aromatic rings. The molecule has 1 saturated carbocycles. The zero-order valence-electron chi connectivity index (χ0n) is 14.7. The second kappa shape index (κ2) is 8.30. The van der Waals surface area contributed by atoms with Crippen LogP contribution in [-0.2, 0) is 18.6 Å². The van der Waals surface area contributed by atoms with Crippen molar-refractivity contribution in [2.75, 3.05) is 0 Å². The third-order valence-electron chi connectivity index (χ3n) is 4.71. The van der Waals surface area contributed by atoms with Gasteiger partial charge in [-0.05, 0) is 54.7 Å². The molecule has 1 heterocycles. The quantitative estimate of drug-likeness (QED) is 0.645. The van der Waals surface area contributed by atoms with Gasteiger partial charge in [-0.2, -0.15) is 4.98 Å². The largest absolute Gasteiger partial charge is 0.489 e. The van der Waals surface area contributed by atoms with E-state index in [2.05, 4.69) is 10.1 Å². The average Bonchev–Trinajstić information content (AvgIpc) is 3.07. The lowest BCUT2D eigenvalue weighted by Gasteiger charge is -2.34. The Labute approximate surface area is 169 Å². The second-order valence-electron chi connectivity index (χ2n) is 6.76. The van der Waals surface area contributed by atoms with Gasteiger partial charge in [-0.1, -0.05) is 41.0 Å². The minimum absolute atomic E-state index is 0. The summed E-state index contributed by atoms with van der Waals surface area (Å²) in [5.74, 6) is 1.98. The number of rotatable bonds is 6. The highest BCUT2D eigenvalue weighted by Crippen LogP contribution is 2.37. The SMILES string of the molecule is Cl.NC1(c2noc(Cc3cccc(OCc4cccc(Cl)c4)c3)n2)CCC1. The fourth-order valence-corrected chi connectivity index (χ4v) is 3.24. The highest BCUT2D eigenvalue weighted by atomic mass is 35.5. The maximum Gasteiger partial charge on any atom is 0.231 e. The Kier molecular flexibility index (Phi) is 6.05. The molecule has 27 heavy (non-hydrogen) atoms. The van der Waals surface area contributed by atoms with E-state index in [-0.39, 0.29) is 12.4 Å². The molecule has 2 N–H and O–H groups in total. The van der Waals surface area contributed by atoms with Crippen LogP contribution in [0.2, 0.25) is 5.02 Å².